The third-order valence-corrected chi connectivity index (χ3v) is 7.91. The first-order valence-corrected chi connectivity index (χ1v) is 12.1. The van der Waals surface area contributed by atoms with E-state index in [-0.39, 0.29) is 11.5 Å². The minimum absolute atomic E-state index is 0.0431. The first-order valence-electron chi connectivity index (χ1n) is 12.1. The van der Waals surface area contributed by atoms with Crippen molar-refractivity contribution in [2.24, 2.45) is 5.92 Å². The van der Waals surface area contributed by atoms with Crippen LogP contribution in [0, 0.1) is 5.92 Å². The molecule has 5 heterocycles. The number of para-hydroxylation sites is 1. The van der Waals surface area contributed by atoms with Gasteiger partial charge in [0.1, 0.15) is 18.3 Å². The maximum absolute atomic E-state index is 13.0. The topological polar surface area (TPSA) is 71.9 Å². The number of hydrogen-bond donors (Lipinski definition) is 2. The van der Waals surface area contributed by atoms with Crippen molar-refractivity contribution in [1.29, 1.82) is 0 Å². The summed E-state index contributed by atoms with van der Waals surface area (Å²) in [5, 5.41) is 12.3. The van der Waals surface area contributed by atoms with E-state index in [1.165, 1.54) is 4.90 Å². The minimum Gasteiger partial charge on any atom is -0.385 e. The Morgan fingerprint density at radius 2 is 1.97 bits per heavy atom. The standard InChI is InChI=1S/C26H30N4O3/c1-27-10-9-21-20-5-2-3-6-23(20)30(25(21)26(27)33)16-19(31)15-28-12-17-11-18(14-28)22-7-4-8-24(32)29(22)13-17/h2-8,17-19,31H,9-16H2,1H3/p+1/t17-,18+,19?/m1/s1. The molecule has 3 aliphatic heterocycles. The van der Waals surface area contributed by atoms with Crippen molar-refractivity contribution in [3.05, 3.63) is 69.8 Å². The van der Waals surface area contributed by atoms with Crippen molar-refractivity contribution < 1.29 is 14.8 Å². The van der Waals surface area contributed by atoms with Crippen molar-refractivity contribution in [3.63, 3.8) is 0 Å². The molecule has 2 N–H and O–H groups in total. The molecule has 0 saturated carbocycles. The van der Waals surface area contributed by atoms with Gasteiger partial charge in [0.25, 0.3) is 11.5 Å². The summed E-state index contributed by atoms with van der Waals surface area (Å²) in [5.41, 5.74) is 4.13. The average Bonchev–Trinajstić information content (AvgIpc) is 3.11. The minimum atomic E-state index is -0.545. The Bertz CT molecular complexity index is 1290. The van der Waals surface area contributed by atoms with E-state index in [0.717, 1.165) is 66.9 Å². The number of rotatable bonds is 4. The molecule has 0 spiro atoms. The lowest BCUT2D eigenvalue weighted by molar-refractivity contribution is -0.914. The molecule has 1 saturated heterocycles. The summed E-state index contributed by atoms with van der Waals surface area (Å²) in [5.74, 6) is 0.875. The van der Waals surface area contributed by atoms with Crippen LogP contribution in [-0.4, -0.2) is 64.4 Å². The number of carbonyl (C=O) groups excluding carboxylic acids is 1. The second-order valence-corrected chi connectivity index (χ2v) is 10.1. The number of hydrogen-bond acceptors (Lipinski definition) is 3. The summed E-state index contributed by atoms with van der Waals surface area (Å²) in [7, 11) is 1.85. The number of nitrogens with zero attached hydrogens (tertiary/aromatic N) is 3. The highest BCUT2D eigenvalue weighted by Crippen LogP contribution is 2.31. The Morgan fingerprint density at radius 3 is 2.85 bits per heavy atom. The molecule has 0 radical (unpaired) electrons. The van der Waals surface area contributed by atoms with Crippen LogP contribution >= 0.6 is 0 Å². The van der Waals surface area contributed by atoms with E-state index in [1.54, 1.807) is 11.0 Å². The monoisotopic (exact) mass is 447 g/mol. The van der Waals surface area contributed by atoms with Crippen LogP contribution < -0.4 is 10.5 Å². The molecule has 2 bridgehead atoms. The molecule has 7 nitrogen and oxygen atoms in total. The number of aliphatic hydroxyl groups is 1. The number of benzene rings is 1. The van der Waals surface area contributed by atoms with Gasteiger partial charge in [-0.15, -0.1) is 0 Å². The van der Waals surface area contributed by atoms with E-state index in [0.29, 0.717) is 24.9 Å². The number of piperidine rings is 1. The van der Waals surface area contributed by atoms with Gasteiger partial charge < -0.3 is 24.0 Å². The molecular weight excluding hydrogens is 416 g/mol. The largest absolute Gasteiger partial charge is 0.385 e. The van der Waals surface area contributed by atoms with Crippen LogP contribution in [0.1, 0.15) is 34.1 Å². The molecule has 1 amide bonds. The van der Waals surface area contributed by atoms with E-state index in [2.05, 4.69) is 18.2 Å². The number of likely N-dealkylation sites (tertiary alicyclic amines) is 1. The van der Waals surface area contributed by atoms with Gasteiger partial charge in [-0.3, -0.25) is 9.59 Å². The molecule has 3 aromatic rings. The smallest absolute Gasteiger partial charge is 0.270 e. The van der Waals surface area contributed by atoms with E-state index >= 15 is 0 Å². The fourth-order valence-corrected chi connectivity index (χ4v) is 6.52. The highest BCUT2D eigenvalue weighted by Gasteiger charge is 2.38. The van der Waals surface area contributed by atoms with E-state index in [1.807, 2.05) is 34.4 Å². The van der Waals surface area contributed by atoms with Crippen LogP contribution in [-0.2, 0) is 19.5 Å². The molecule has 2 aromatic heterocycles. The summed E-state index contributed by atoms with van der Waals surface area (Å²) >= 11 is 0. The number of quaternary nitrogens is 1. The number of aromatic nitrogens is 2. The molecule has 4 atom stereocenters. The normalized spacial score (nSPS) is 25.1. The number of fused-ring (bicyclic) bond motifs is 7. The summed E-state index contributed by atoms with van der Waals surface area (Å²) in [6.07, 6.45) is 1.43. The quantitative estimate of drug-likeness (QED) is 0.612. The molecule has 1 fully saturated rings. The lowest BCUT2D eigenvalue weighted by Gasteiger charge is -2.40. The van der Waals surface area contributed by atoms with Gasteiger partial charge in [0.2, 0.25) is 0 Å². The predicted molar refractivity (Wildman–Crippen MR) is 126 cm³/mol. The van der Waals surface area contributed by atoms with Crippen LogP contribution in [0.4, 0.5) is 0 Å². The van der Waals surface area contributed by atoms with Gasteiger partial charge in [-0.2, -0.15) is 0 Å². The molecule has 33 heavy (non-hydrogen) atoms. The fourth-order valence-electron chi connectivity index (χ4n) is 6.52. The molecular formula is C26H31N4O3+. The molecule has 0 aliphatic carbocycles. The highest BCUT2D eigenvalue weighted by atomic mass is 16.3. The van der Waals surface area contributed by atoms with Gasteiger partial charge in [0.05, 0.1) is 19.6 Å². The van der Waals surface area contributed by atoms with E-state index in [9.17, 15) is 14.7 Å². The third-order valence-electron chi connectivity index (χ3n) is 7.91. The van der Waals surface area contributed by atoms with Gasteiger partial charge in [-0.05, 0) is 30.5 Å². The fraction of sp³-hybridized carbons (Fsp3) is 0.462. The second kappa shape index (κ2) is 7.85. The van der Waals surface area contributed by atoms with Gasteiger partial charge in [-0.1, -0.05) is 24.3 Å². The Hall–Kier alpha value is -2.90. The first-order chi connectivity index (χ1) is 16.0. The lowest BCUT2D eigenvalue weighted by Crippen LogP contribution is -3.15. The zero-order chi connectivity index (χ0) is 22.7. The van der Waals surface area contributed by atoms with Gasteiger partial charge in [0.15, 0.2) is 0 Å². The van der Waals surface area contributed by atoms with Crippen LogP contribution in [0.3, 0.4) is 0 Å². The number of aliphatic hydroxyl groups excluding tert-OH is 1. The number of likely N-dealkylation sites (N-methyl/N-ethyl adjacent to an activating group) is 1. The Labute approximate surface area is 192 Å². The maximum atomic E-state index is 13.0. The zero-order valence-corrected chi connectivity index (χ0v) is 19.0. The zero-order valence-electron chi connectivity index (χ0n) is 19.0. The Morgan fingerprint density at radius 1 is 1.12 bits per heavy atom. The second-order valence-electron chi connectivity index (χ2n) is 10.1. The van der Waals surface area contributed by atoms with Gasteiger partial charge in [0, 0.05) is 54.6 Å². The summed E-state index contributed by atoms with van der Waals surface area (Å²) < 4.78 is 4.00. The molecule has 1 aromatic carbocycles. The van der Waals surface area contributed by atoms with Gasteiger partial charge >= 0.3 is 0 Å². The molecule has 7 heteroatoms. The number of carbonyl (C=O) groups is 1. The van der Waals surface area contributed by atoms with Crippen molar-refractivity contribution in [1.82, 2.24) is 14.0 Å². The molecule has 172 valence electrons. The lowest BCUT2D eigenvalue weighted by atomic mass is 9.83. The number of nitrogens with one attached hydrogen (secondary N) is 1. The average molecular weight is 448 g/mol. The third kappa shape index (κ3) is 3.42. The predicted octanol–water partition coefficient (Wildman–Crippen LogP) is 0.494. The summed E-state index contributed by atoms with van der Waals surface area (Å²) in [4.78, 5) is 28.5. The highest BCUT2D eigenvalue weighted by molar-refractivity contribution is 6.02. The Kier molecular flexibility index (Phi) is 4.92. The van der Waals surface area contributed by atoms with E-state index in [4.69, 9.17) is 0 Å². The molecule has 6 rings (SSSR count). The summed E-state index contributed by atoms with van der Waals surface area (Å²) in [6.45, 7) is 4.48. The maximum Gasteiger partial charge on any atom is 0.270 e. The number of pyridine rings is 1. The van der Waals surface area contributed by atoms with Crippen molar-refractivity contribution in [2.75, 3.05) is 33.2 Å². The van der Waals surface area contributed by atoms with Gasteiger partial charge in [-0.25, -0.2) is 0 Å². The van der Waals surface area contributed by atoms with E-state index < -0.39 is 6.10 Å². The first kappa shape index (κ1) is 20.7. The van der Waals surface area contributed by atoms with Crippen molar-refractivity contribution >= 4 is 16.8 Å². The Balaban J connectivity index is 1.24. The summed E-state index contributed by atoms with van der Waals surface area (Å²) in [6, 6.07) is 13.8. The van der Waals surface area contributed by atoms with Crippen LogP contribution in [0.15, 0.2) is 47.3 Å². The van der Waals surface area contributed by atoms with Crippen LogP contribution in [0.5, 0.6) is 0 Å². The van der Waals surface area contributed by atoms with Crippen LogP contribution in [0.2, 0.25) is 0 Å². The molecule has 3 aliphatic rings. The van der Waals surface area contributed by atoms with Crippen molar-refractivity contribution in [2.45, 2.75) is 38.0 Å². The molecule has 2 unspecified atom stereocenters. The SMILES string of the molecule is CN1CCc2c(n(CC(O)C[NH+]3C[C@H]4C[C@@H](C3)c3cccc(=O)n3C4)c3ccccc23)C1=O. The number of amides is 1. The van der Waals surface area contributed by atoms with Crippen LogP contribution in [0.25, 0.3) is 10.9 Å². The van der Waals surface area contributed by atoms with Crippen molar-refractivity contribution in [3.8, 4) is 0 Å².